The Morgan fingerprint density at radius 1 is 1.45 bits per heavy atom. The van der Waals surface area contributed by atoms with Crippen LogP contribution in [0.1, 0.15) is 22.9 Å². The molecule has 0 aliphatic carbocycles. The molecule has 1 fully saturated rings. The summed E-state index contributed by atoms with van der Waals surface area (Å²) in [6.07, 6.45) is 1.81. The highest BCUT2D eigenvalue weighted by Crippen LogP contribution is 2.27. The highest BCUT2D eigenvalue weighted by atomic mass is 32.1. The minimum atomic E-state index is -1.06. The summed E-state index contributed by atoms with van der Waals surface area (Å²) >= 11 is 1.46. The fraction of sp³-hybridized carbons (Fsp3) is 0.429. The van der Waals surface area contributed by atoms with E-state index in [9.17, 15) is 14.4 Å². The summed E-state index contributed by atoms with van der Waals surface area (Å²) in [4.78, 5) is 43.0. The molecule has 116 valence electrons. The Balaban J connectivity index is 2.03. The Kier molecular flexibility index (Phi) is 3.48. The largest absolute Gasteiger partial charge is 0.480 e. The highest BCUT2D eigenvalue weighted by molar-refractivity contribution is 7.18. The first-order valence-electron chi connectivity index (χ1n) is 6.87. The van der Waals surface area contributed by atoms with E-state index in [1.165, 1.54) is 27.1 Å². The van der Waals surface area contributed by atoms with Gasteiger partial charge in [0.15, 0.2) is 0 Å². The number of likely N-dealkylation sites (tertiary alicyclic amines) is 1. The number of carboxylic acid groups (broad SMARTS) is 1. The van der Waals surface area contributed by atoms with Crippen molar-refractivity contribution in [3.63, 3.8) is 0 Å². The monoisotopic (exact) mass is 321 g/mol. The zero-order chi connectivity index (χ0) is 16.0. The van der Waals surface area contributed by atoms with E-state index in [4.69, 9.17) is 5.11 Å². The van der Waals surface area contributed by atoms with Crippen LogP contribution in [-0.2, 0) is 9.59 Å². The average molecular weight is 321 g/mol. The van der Waals surface area contributed by atoms with E-state index in [1.54, 1.807) is 0 Å². The average Bonchev–Trinajstić information content (AvgIpc) is 2.93. The lowest BCUT2D eigenvalue weighted by Gasteiger charge is -2.15. The first-order valence-corrected chi connectivity index (χ1v) is 7.69. The topological polar surface area (TPSA) is 92.5 Å². The van der Waals surface area contributed by atoms with E-state index in [0.29, 0.717) is 23.2 Å². The Hall–Kier alpha value is -2.22. The third-order valence-corrected chi connectivity index (χ3v) is 5.16. The number of nitrogens with zero attached hydrogens (tertiary/aromatic N) is 3. The molecule has 3 heterocycles. The molecule has 0 saturated carbocycles. The van der Waals surface area contributed by atoms with Gasteiger partial charge in [-0.05, 0) is 25.8 Å². The van der Waals surface area contributed by atoms with Gasteiger partial charge < -0.3 is 10.0 Å². The number of thiophene rings is 1. The Morgan fingerprint density at radius 2 is 2.18 bits per heavy atom. The van der Waals surface area contributed by atoms with Gasteiger partial charge in [-0.1, -0.05) is 0 Å². The molecule has 22 heavy (non-hydrogen) atoms. The number of aryl methyl sites for hydroxylation is 2. The molecule has 0 spiro atoms. The summed E-state index contributed by atoms with van der Waals surface area (Å²) in [6, 6.07) is -0.664. The van der Waals surface area contributed by atoms with E-state index in [2.05, 4.69) is 4.98 Å². The van der Waals surface area contributed by atoms with Crippen molar-refractivity contribution in [2.75, 3.05) is 13.1 Å². The van der Waals surface area contributed by atoms with Crippen LogP contribution in [0.25, 0.3) is 10.2 Å². The predicted molar refractivity (Wildman–Crippen MR) is 81.2 cm³/mol. The summed E-state index contributed by atoms with van der Waals surface area (Å²) in [7, 11) is 0. The van der Waals surface area contributed by atoms with E-state index in [0.717, 1.165) is 10.4 Å². The molecule has 2 aromatic heterocycles. The molecule has 0 aromatic carbocycles. The summed E-state index contributed by atoms with van der Waals surface area (Å²) < 4.78 is 1.34. The maximum Gasteiger partial charge on any atom is 0.323 e. The molecule has 1 amide bonds. The van der Waals surface area contributed by atoms with Gasteiger partial charge in [0, 0.05) is 11.4 Å². The Bertz CT molecular complexity index is 838. The van der Waals surface area contributed by atoms with E-state index >= 15 is 0 Å². The van der Waals surface area contributed by atoms with Crippen molar-refractivity contribution < 1.29 is 14.7 Å². The number of carboxylic acids is 1. The predicted octanol–water partition coefficient (Wildman–Crippen LogP) is 0.933. The van der Waals surface area contributed by atoms with Gasteiger partial charge in [-0.2, -0.15) is 0 Å². The second kappa shape index (κ2) is 5.20. The summed E-state index contributed by atoms with van der Waals surface area (Å²) in [5.74, 6) is -1.39. The van der Waals surface area contributed by atoms with Crippen molar-refractivity contribution in [2.24, 2.45) is 0 Å². The van der Waals surface area contributed by atoms with Gasteiger partial charge in [0.25, 0.3) is 5.56 Å². The minimum Gasteiger partial charge on any atom is -0.480 e. The molecular weight excluding hydrogens is 306 g/mol. The van der Waals surface area contributed by atoms with Gasteiger partial charge in [-0.15, -0.1) is 11.3 Å². The lowest BCUT2D eigenvalue weighted by Crippen LogP contribution is -2.35. The lowest BCUT2D eigenvalue weighted by atomic mass is 10.2. The molecule has 1 atom stereocenters. The number of aromatic nitrogens is 2. The minimum absolute atomic E-state index is 0.234. The van der Waals surface area contributed by atoms with Crippen LogP contribution in [0.3, 0.4) is 0 Å². The zero-order valence-electron chi connectivity index (χ0n) is 12.2. The van der Waals surface area contributed by atoms with Crippen molar-refractivity contribution in [2.45, 2.75) is 26.3 Å². The maximum atomic E-state index is 12.7. The number of hydrogen-bond acceptors (Lipinski definition) is 5. The molecule has 3 rings (SSSR count). The van der Waals surface area contributed by atoms with E-state index < -0.39 is 12.0 Å². The maximum absolute atomic E-state index is 12.7. The van der Waals surface area contributed by atoms with Crippen molar-refractivity contribution in [1.82, 2.24) is 14.5 Å². The first-order chi connectivity index (χ1) is 10.4. The van der Waals surface area contributed by atoms with Crippen molar-refractivity contribution in [3.05, 3.63) is 27.1 Å². The molecule has 1 saturated heterocycles. The molecule has 1 aliphatic heterocycles. The standard InChI is InChI=1S/C14H15N3O4S/c1-7-8(2)22-12-11(7)14(21)17(6-15-12)9-3-4-16(13(9)20)5-10(18)19/h6,9H,3-5H2,1-2H3,(H,18,19). The van der Waals surface area contributed by atoms with Gasteiger partial charge in [-0.25, -0.2) is 4.98 Å². The molecule has 1 aliphatic rings. The second-order valence-electron chi connectivity index (χ2n) is 5.38. The SMILES string of the molecule is Cc1sc2ncn(C3CCN(CC(=O)O)C3=O)c(=O)c2c1C. The summed E-state index contributed by atoms with van der Waals surface area (Å²) in [5.41, 5.74) is 0.655. The molecular formula is C14H15N3O4S. The second-order valence-corrected chi connectivity index (χ2v) is 6.58. The number of hydrogen-bond donors (Lipinski definition) is 1. The first kappa shape index (κ1) is 14.7. The summed E-state index contributed by atoms with van der Waals surface area (Å²) in [5, 5.41) is 9.36. The third kappa shape index (κ3) is 2.19. The fourth-order valence-electron chi connectivity index (χ4n) is 2.77. The quantitative estimate of drug-likeness (QED) is 0.908. The molecule has 2 aromatic rings. The fourth-order valence-corrected chi connectivity index (χ4v) is 3.76. The van der Waals surface area contributed by atoms with Crippen molar-refractivity contribution >= 4 is 33.4 Å². The molecule has 8 heteroatoms. The third-order valence-electron chi connectivity index (χ3n) is 4.05. The van der Waals surface area contributed by atoms with Gasteiger partial charge in [0.05, 0.1) is 11.7 Å². The van der Waals surface area contributed by atoms with Gasteiger partial charge in [0.1, 0.15) is 17.4 Å². The molecule has 1 N–H and O–H groups in total. The smallest absolute Gasteiger partial charge is 0.323 e. The van der Waals surface area contributed by atoms with Crippen LogP contribution in [-0.4, -0.2) is 44.5 Å². The van der Waals surface area contributed by atoms with E-state index in [-0.39, 0.29) is 18.0 Å². The van der Waals surface area contributed by atoms with Crippen molar-refractivity contribution in [1.29, 1.82) is 0 Å². The van der Waals surface area contributed by atoms with Gasteiger partial charge in [-0.3, -0.25) is 19.0 Å². The number of aliphatic carboxylic acids is 1. The lowest BCUT2D eigenvalue weighted by molar-refractivity contribution is -0.143. The van der Waals surface area contributed by atoms with Crippen LogP contribution in [0.15, 0.2) is 11.1 Å². The Morgan fingerprint density at radius 3 is 2.86 bits per heavy atom. The number of amides is 1. The van der Waals surface area contributed by atoms with Gasteiger partial charge in [0.2, 0.25) is 5.91 Å². The van der Waals surface area contributed by atoms with E-state index in [1.807, 2.05) is 13.8 Å². The molecule has 7 nitrogen and oxygen atoms in total. The van der Waals surface area contributed by atoms with Crippen LogP contribution < -0.4 is 5.56 Å². The number of carbonyl (C=O) groups excluding carboxylic acids is 1. The van der Waals surface area contributed by atoms with Gasteiger partial charge >= 0.3 is 5.97 Å². The summed E-state index contributed by atoms with van der Waals surface area (Å²) in [6.45, 7) is 3.80. The molecule has 1 unspecified atom stereocenters. The number of rotatable bonds is 3. The normalized spacial score (nSPS) is 18.4. The molecule has 0 radical (unpaired) electrons. The van der Waals surface area contributed by atoms with Crippen LogP contribution in [0.2, 0.25) is 0 Å². The van der Waals surface area contributed by atoms with Crippen LogP contribution in [0.4, 0.5) is 0 Å². The Labute approximate surface area is 129 Å². The zero-order valence-corrected chi connectivity index (χ0v) is 13.0. The van der Waals surface area contributed by atoms with Crippen molar-refractivity contribution in [3.8, 4) is 0 Å². The van der Waals surface area contributed by atoms with Crippen LogP contribution >= 0.6 is 11.3 Å². The number of fused-ring (bicyclic) bond motifs is 1. The highest BCUT2D eigenvalue weighted by Gasteiger charge is 2.35. The molecule has 0 bridgehead atoms. The number of carbonyl (C=O) groups is 2. The van der Waals surface area contributed by atoms with Crippen LogP contribution in [0, 0.1) is 13.8 Å². The van der Waals surface area contributed by atoms with Crippen LogP contribution in [0.5, 0.6) is 0 Å².